The fraction of sp³-hybridized carbons (Fsp3) is 0.421. The molecule has 0 bridgehead atoms. The standard InChI is InChI=1S/C19H21NO4/c1-13-17(21)10-18(24-12-15-11-22-8-9-23-15)20-7-6-14-4-2-3-5-16(14)19(13)20/h2-5,10,15H,6-9,11-12H2,1H3/t15-/m0/s1. The smallest absolute Gasteiger partial charge is 0.197 e. The van der Waals surface area contributed by atoms with Gasteiger partial charge in [-0.15, -0.1) is 0 Å². The van der Waals surface area contributed by atoms with Crippen LogP contribution in [-0.2, 0) is 22.4 Å². The maximum Gasteiger partial charge on any atom is 0.197 e. The average molecular weight is 327 g/mol. The number of aryl methyl sites for hydroxylation is 1. The molecule has 0 spiro atoms. The molecule has 1 saturated heterocycles. The lowest BCUT2D eigenvalue weighted by molar-refractivity contribution is -0.102. The second kappa shape index (κ2) is 6.42. The van der Waals surface area contributed by atoms with Crippen LogP contribution < -0.4 is 10.2 Å². The molecule has 4 rings (SSSR count). The molecule has 126 valence electrons. The minimum atomic E-state index is -0.0812. The molecule has 1 fully saturated rings. The highest BCUT2D eigenvalue weighted by Crippen LogP contribution is 2.33. The zero-order chi connectivity index (χ0) is 16.5. The molecule has 5 heteroatoms. The second-order valence-electron chi connectivity index (χ2n) is 6.26. The van der Waals surface area contributed by atoms with Crippen LogP contribution in [0.4, 0.5) is 0 Å². The topological polar surface area (TPSA) is 49.7 Å². The Labute approximate surface area is 140 Å². The molecule has 5 nitrogen and oxygen atoms in total. The van der Waals surface area contributed by atoms with Crippen molar-refractivity contribution >= 4 is 0 Å². The molecule has 1 aromatic carbocycles. The van der Waals surface area contributed by atoms with Crippen molar-refractivity contribution in [2.24, 2.45) is 0 Å². The molecular formula is C19H21NO4. The third kappa shape index (κ3) is 2.74. The monoisotopic (exact) mass is 327 g/mol. The van der Waals surface area contributed by atoms with Crippen LogP contribution in [0, 0.1) is 6.92 Å². The van der Waals surface area contributed by atoms with Gasteiger partial charge < -0.3 is 18.8 Å². The van der Waals surface area contributed by atoms with Crippen molar-refractivity contribution in [1.82, 2.24) is 4.57 Å². The summed E-state index contributed by atoms with van der Waals surface area (Å²) >= 11 is 0. The number of nitrogens with zero attached hydrogens (tertiary/aromatic N) is 1. The predicted molar refractivity (Wildman–Crippen MR) is 90.6 cm³/mol. The molecule has 2 aliphatic heterocycles. The summed E-state index contributed by atoms with van der Waals surface area (Å²) in [6.45, 7) is 4.85. The van der Waals surface area contributed by atoms with Gasteiger partial charge in [0, 0.05) is 23.7 Å². The number of aromatic nitrogens is 1. The normalized spacial score (nSPS) is 19.5. The molecule has 0 aliphatic carbocycles. The summed E-state index contributed by atoms with van der Waals surface area (Å²) in [5.41, 5.74) is 4.16. The lowest BCUT2D eigenvalue weighted by Gasteiger charge is -2.28. The summed E-state index contributed by atoms with van der Waals surface area (Å²) in [6, 6.07) is 9.86. The van der Waals surface area contributed by atoms with E-state index in [0.29, 0.717) is 32.3 Å². The Morgan fingerprint density at radius 1 is 1.29 bits per heavy atom. The van der Waals surface area contributed by atoms with Gasteiger partial charge in [0.2, 0.25) is 0 Å². The summed E-state index contributed by atoms with van der Waals surface area (Å²) in [6.07, 6.45) is 0.854. The van der Waals surface area contributed by atoms with Gasteiger partial charge in [-0.1, -0.05) is 24.3 Å². The molecule has 24 heavy (non-hydrogen) atoms. The molecule has 0 N–H and O–H groups in total. The van der Waals surface area contributed by atoms with Crippen molar-refractivity contribution in [3.05, 3.63) is 51.7 Å². The Morgan fingerprint density at radius 3 is 3.00 bits per heavy atom. The van der Waals surface area contributed by atoms with Crippen LogP contribution in [-0.4, -0.2) is 37.1 Å². The summed E-state index contributed by atoms with van der Waals surface area (Å²) in [7, 11) is 0. The number of hydrogen-bond donors (Lipinski definition) is 0. The van der Waals surface area contributed by atoms with Gasteiger partial charge in [0.25, 0.3) is 0 Å². The Bertz CT molecular complexity index is 805. The van der Waals surface area contributed by atoms with E-state index in [0.717, 1.165) is 29.8 Å². The maximum atomic E-state index is 12.4. The SMILES string of the molecule is Cc1c2n(c(OC[C@@H]3COCCO3)cc1=O)CCc1ccccc1-2. The molecule has 1 aromatic heterocycles. The molecular weight excluding hydrogens is 306 g/mol. The number of hydrogen-bond acceptors (Lipinski definition) is 4. The van der Waals surface area contributed by atoms with Gasteiger partial charge in [-0.25, -0.2) is 0 Å². The van der Waals surface area contributed by atoms with Crippen molar-refractivity contribution < 1.29 is 14.2 Å². The minimum absolute atomic E-state index is 0.00812. The van der Waals surface area contributed by atoms with E-state index in [-0.39, 0.29) is 11.5 Å². The number of ether oxygens (including phenoxy) is 3. The third-order valence-corrected chi connectivity index (χ3v) is 4.69. The fourth-order valence-electron chi connectivity index (χ4n) is 3.43. The summed E-state index contributed by atoms with van der Waals surface area (Å²) in [5, 5.41) is 0. The zero-order valence-corrected chi connectivity index (χ0v) is 13.8. The van der Waals surface area contributed by atoms with Gasteiger partial charge in [0.1, 0.15) is 12.7 Å². The van der Waals surface area contributed by atoms with E-state index in [1.165, 1.54) is 5.56 Å². The molecule has 0 unspecified atom stereocenters. The van der Waals surface area contributed by atoms with E-state index in [9.17, 15) is 4.79 Å². The lowest BCUT2D eigenvalue weighted by Crippen LogP contribution is -2.34. The molecule has 0 saturated carbocycles. The van der Waals surface area contributed by atoms with Crippen LogP contribution in [0.1, 0.15) is 11.1 Å². The van der Waals surface area contributed by atoms with Gasteiger partial charge in [-0.3, -0.25) is 4.79 Å². The lowest BCUT2D eigenvalue weighted by atomic mass is 9.95. The van der Waals surface area contributed by atoms with Crippen molar-refractivity contribution in [2.75, 3.05) is 26.4 Å². The van der Waals surface area contributed by atoms with Gasteiger partial charge in [-0.05, 0) is 18.9 Å². The van der Waals surface area contributed by atoms with E-state index in [1.54, 1.807) is 6.07 Å². The molecule has 2 aliphatic rings. The van der Waals surface area contributed by atoms with Crippen molar-refractivity contribution in [3.63, 3.8) is 0 Å². The first-order valence-corrected chi connectivity index (χ1v) is 8.39. The van der Waals surface area contributed by atoms with E-state index in [2.05, 4.69) is 16.7 Å². The Balaban J connectivity index is 1.69. The first-order valence-electron chi connectivity index (χ1n) is 8.39. The van der Waals surface area contributed by atoms with Crippen LogP contribution in [0.5, 0.6) is 5.88 Å². The van der Waals surface area contributed by atoms with Crippen LogP contribution in [0.2, 0.25) is 0 Å². The van der Waals surface area contributed by atoms with Gasteiger partial charge in [0.15, 0.2) is 11.3 Å². The summed E-state index contributed by atoms with van der Waals surface area (Å²) < 4.78 is 19.1. The Morgan fingerprint density at radius 2 is 2.17 bits per heavy atom. The van der Waals surface area contributed by atoms with E-state index < -0.39 is 0 Å². The number of pyridine rings is 1. The van der Waals surface area contributed by atoms with Crippen molar-refractivity contribution in [3.8, 4) is 17.1 Å². The van der Waals surface area contributed by atoms with Crippen LogP contribution >= 0.6 is 0 Å². The fourth-order valence-corrected chi connectivity index (χ4v) is 3.43. The quantitative estimate of drug-likeness (QED) is 0.867. The highest BCUT2D eigenvalue weighted by atomic mass is 16.6. The van der Waals surface area contributed by atoms with E-state index in [4.69, 9.17) is 14.2 Å². The van der Waals surface area contributed by atoms with Crippen LogP contribution in [0.15, 0.2) is 35.1 Å². The second-order valence-corrected chi connectivity index (χ2v) is 6.26. The largest absolute Gasteiger partial charge is 0.476 e. The molecule has 2 aromatic rings. The van der Waals surface area contributed by atoms with E-state index >= 15 is 0 Å². The van der Waals surface area contributed by atoms with Crippen LogP contribution in [0.3, 0.4) is 0 Å². The molecule has 0 radical (unpaired) electrons. The third-order valence-electron chi connectivity index (χ3n) is 4.69. The summed E-state index contributed by atoms with van der Waals surface area (Å²) in [4.78, 5) is 12.4. The average Bonchev–Trinajstić information content (AvgIpc) is 2.63. The van der Waals surface area contributed by atoms with Crippen molar-refractivity contribution in [2.45, 2.75) is 26.0 Å². The summed E-state index contributed by atoms with van der Waals surface area (Å²) in [5.74, 6) is 0.615. The first kappa shape index (κ1) is 15.4. The van der Waals surface area contributed by atoms with Gasteiger partial charge in [0.05, 0.1) is 25.5 Å². The Hall–Kier alpha value is -2.11. The zero-order valence-electron chi connectivity index (χ0n) is 13.8. The number of benzene rings is 1. The Kier molecular flexibility index (Phi) is 4.12. The highest BCUT2D eigenvalue weighted by molar-refractivity contribution is 5.69. The number of rotatable bonds is 3. The van der Waals surface area contributed by atoms with Crippen molar-refractivity contribution in [1.29, 1.82) is 0 Å². The highest BCUT2D eigenvalue weighted by Gasteiger charge is 2.22. The van der Waals surface area contributed by atoms with E-state index in [1.807, 2.05) is 19.1 Å². The maximum absolute atomic E-state index is 12.4. The number of fused-ring (bicyclic) bond motifs is 3. The van der Waals surface area contributed by atoms with Crippen LogP contribution in [0.25, 0.3) is 11.3 Å². The molecule has 0 amide bonds. The minimum Gasteiger partial charge on any atom is -0.476 e. The van der Waals surface area contributed by atoms with Gasteiger partial charge >= 0.3 is 0 Å². The molecule has 1 atom stereocenters. The van der Waals surface area contributed by atoms with Gasteiger partial charge in [-0.2, -0.15) is 0 Å². The molecule has 3 heterocycles. The predicted octanol–water partition coefficient (Wildman–Crippen LogP) is 2.17. The first-order chi connectivity index (χ1) is 11.7.